The quantitative estimate of drug-likeness (QED) is 0.805. The highest BCUT2D eigenvalue weighted by atomic mass is 32.2. The Morgan fingerprint density at radius 1 is 1.29 bits per heavy atom. The second-order valence-electron chi connectivity index (χ2n) is 6.77. The van der Waals surface area contributed by atoms with E-state index in [0.717, 1.165) is 31.1 Å². The summed E-state index contributed by atoms with van der Waals surface area (Å²) in [6.45, 7) is 5.04. The van der Waals surface area contributed by atoms with Crippen LogP contribution >= 0.6 is 11.8 Å². The monoisotopic (exact) mass is 346 g/mol. The van der Waals surface area contributed by atoms with Crippen LogP contribution in [-0.2, 0) is 9.59 Å². The van der Waals surface area contributed by atoms with E-state index in [-0.39, 0.29) is 22.7 Å². The van der Waals surface area contributed by atoms with Crippen molar-refractivity contribution in [2.24, 2.45) is 0 Å². The van der Waals surface area contributed by atoms with E-state index in [2.05, 4.69) is 16.8 Å². The van der Waals surface area contributed by atoms with Crippen molar-refractivity contribution in [2.45, 2.75) is 30.7 Å². The average molecular weight is 346 g/mol. The van der Waals surface area contributed by atoms with E-state index in [1.165, 1.54) is 0 Å². The molecule has 3 fully saturated rings. The first kappa shape index (κ1) is 15.7. The zero-order valence-electron chi connectivity index (χ0n) is 13.9. The van der Waals surface area contributed by atoms with Gasteiger partial charge in [0.1, 0.15) is 11.9 Å². The molecule has 1 aromatic heterocycles. The number of rotatable bonds is 2. The minimum absolute atomic E-state index is 0.113. The van der Waals surface area contributed by atoms with Crippen molar-refractivity contribution in [2.75, 3.05) is 36.8 Å². The van der Waals surface area contributed by atoms with Gasteiger partial charge in [-0.25, -0.2) is 4.98 Å². The molecule has 3 aliphatic heterocycles. The van der Waals surface area contributed by atoms with E-state index in [0.29, 0.717) is 19.5 Å². The molecule has 7 heteroatoms. The molecule has 0 aromatic carbocycles. The number of nitrogens with zero attached hydrogens (tertiary/aromatic N) is 4. The highest BCUT2D eigenvalue weighted by molar-refractivity contribution is 8.01. The lowest BCUT2D eigenvalue weighted by molar-refractivity contribution is -0.143. The van der Waals surface area contributed by atoms with Gasteiger partial charge in [0.2, 0.25) is 11.8 Å². The normalized spacial score (nSPS) is 30.0. The molecule has 1 aromatic rings. The summed E-state index contributed by atoms with van der Waals surface area (Å²) in [5, 5.41) is 0. The number of aromatic nitrogens is 1. The number of carbonyl (C=O) groups excluding carboxylic acids is 2. The number of hydrogen-bond acceptors (Lipinski definition) is 5. The fourth-order valence-electron chi connectivity index (χ4n) is 3.91. The minimum atomic E-state index is -0.281. The summed E-state index contributed by atoms with van der Waals surface area (Å²) in [5.74, 6) is 1.93. The summed E-state index contributed by atoms with van der Waals surface area (Å²) in [6.07, 6.45) is 3.22. The third-order valence-corrected chi connectivity index (χ3v) is 6.80. The summed E-state index contributed by atoms with van der Waals surface area (Å²) in [5.41, 5.74) is 0. The maximum absolute atomic E-state index is 13.0. The van der Waals surface area contributed by atoms with Gasteiger partial charge in [0.15, 0.2) is 0 Å². The van der Waals surface area contributed by atoms with Crippen LogP contribution in [0.3, 0.4) is 0 Å². The van der Waals surface area contributed by atoms with Crippen LogP contribution in [0.15, 0.2) is 24.4 Å². The van der Waals surface area contributed by atoms with Crippen LogP contribution in [0.1, 0.15) is 19.8 Å². The largest absolute Gasteiger partial charge is 0.353 e. The Balaban J connectivity index is 1.41. The SMILES string of the molecule is C[C@]12CCC(=O)N1[C@@H](C(=O)N1CCN(c3ccccn3)CC1)CS2. The fourth-order valence-corrected chi connectivity index (χ4v) is 5.33. The number of hydrogen-bond donors (Lipinski definition) is 0. The zero-order valence-corrected chi connectivity index (χ0v) is 14.7. The Morgan fingerprint density at radius 2 is 2.08 bits per heavy atom. The van der Waals surface area contributed by atoms with Crippen molar-refractivity contribution >= 4 is 29.4 Å². The second kappa shape index (κ2) is 5.95. The summed E-state index contributed by atoms with van der Waals surface area (Å²) >= 11 is 1.75. The number of piperazine rings is 1. The van der Waals surface area contributed by atoms with Gasteiger partial charge in [-0.15, -0.1) is 11.8 Å². The standard InChI is InChI=1S/C17H22N4O2S/c1-17-6-5-15(22)21(17)13(12-24-17)16(23)20-10-8-19(9-11-20)14-4-2-3-7-18-14/h2-4,7,13H,5-6,8-12H2,1H3/t13-,17+/m1/s1. The van der Waals surface area contributed by atoms with Crippen LogP contribution in [0.2, 0.25) is 0 Å². The van der Waals surface area contributed by atoms with Crippen molar-refractivity contribution in [3.63, 3.8) is 0 Å². The van der Waals surface area contributed by atoms with Gasteiger partial charge in [0.25, 0.3) is 0 Å². The van der Waals surface area contributed by atoms with Gasteiger partial charge in [-0.3, -0.25) is 9.59 Å². The number of pyridine rings is 1. The summed E-state index contributed by atoms with van der Waals surface area (Å²) in [4.78, 5) is 35.4. The first-order valence-electron chi connectivity index (χ1n) is 8.49. The predicted octanol–water partition coefficient (Wildman–Crippen LogP) is 1.18. The molecule has 0 unspecified atom stereocenters. The zero-order chi connectivity index (χ0) is 16.7. The molecular formula is C17H22N4O2S. The molecule has 0 N–H and O–H groups in total. The lowest BCUT2D eigenvalue weighted by Gasteiger charge is -2.38. The van der Waals surface area contributed by atoms with E-state index in [4.69, 9.17) is 0 Å². The first-order chi connectivity index (χ1) is 11.6. The molecule has 6 nitrogen and oxygen atoms in total. The topological polar surface area (TPSA) is 56.8 Å². The van der Waals surface area contributed by atoms with Gasteiger partial charge in [0.05, 0.1) is 4.87 Å². The van der Waals surface area contributed by atoms with Crippen LogP contribution in [-0.4, -0.2) is 69.4 Å². The molecule has 4 rings (SSSR count). The Morgan fingerprint density at radius 3 is 2.79 bits per heavy atom. The maximum atomic E-state index is 13.0. The van der Waals surface area contributed by atoms with E-state index >= 15 is 0 Å². The summed E-state index contributed by atoms with van der Waals surface area (Å²) in [6, 6.07) is 5.61. The minimum Gasteiger partial charge on any atom is -0.353 e. The fraction of sp³-hybridized carbons (Fsp3) is 0.588. The van der Waals surface area contributed by atoms with Crippen LogP contribution in [0.25, 0.3) is 0 Å². The molecule has 128 valence electrons. The van der Waals surface area contributed by atoms with Crippen LogP contribution in [0.5, 0.6) is 0 Å². The van der Waals surface area contributed by atoms with E-state index in [1.54, 1.807) is 18.0 Å². The van der Waals surface area contributed by atoms with E-state index < -0.39 is 0 Å². The molecule has 0 bridgehead atoms. The van der Waals surface area contributed by atoms with Gasteiger partial charge >= 0.3 is 0 Å². The van der Waals surface area contributed by atoms with Gasteiger partial charge in [0, 0.05) is 44.5 Å². The van der Waals surface area contributed by atoms with Crippen LogP contribution < -0.4 is 4.90 Å². The molecule has 2 amide bonds. The molecule has 0 radical (unpaired) electrons. The second-order valence-corrected chi connectivity index (χ2v) is 8.27. The maximum Gasteiger partial charge on any atom is 0.246 e. The van der Waals surface area contributed by atoms with Crippen molar-refractivity contribution in [3.05, 3.63) is 24.4 Å². The third kappa shape index (κ3) is 2.55. The molecule has 2 atom stereocenters. The molecular weight excluding hydrogens is 324 g/mol. The van der Waals surface area contributed by atoms with Crippen molar-refractivity contribution in [3.8, 4) is 0 Å². The molecule has 0 aliphatic carbocycles. The number of anilines is 1. The molecule has 0 saturated carbocycles. The summed E-state index contributed by atoms with van der Waals surface area (Å²) < 4.78 is 0. The van der Waals surface area contributed by atoms with Gasteiger partial charge in [-0.2, -0.15) is 0 Å². The highest BCUT2D eigenvalue weighted by Gasteiger charge is 2.53. The Hall–Kier alpha value is -1.76. The molecule has 24 heavy (non-hydrogen) atoms. The predicted molar refractivity (Wildman–Crippen MR) is 93.8 cm³/mol. The summed E-state index contributed by atoms with van der Waals surface area (Å²) in [7, 11) is 0. The Labute approximate surface area is 146 Å². The van der Waals surface area contributed by atoms with Gasteiger partial charge in [-0.1, -0.05) is 6.07 Å². The third-order valence-electron chi connectivity index (χ3n) is 5.29. The number of amides is 2. The van der Waals surface area contributed by atoms with Gasteiger partial charge in [-0.05, 0) is 25.5 Å². The molecule has 0 spiro atoms. The number of thioether (sulfide) groups is 1. The average Bonchev–Trinajstić information content (AvgIpc) is 3.11. The highest BCUT2D eigenvalue weighted by Crippen LogP contribution is 2.47. The molecule has 3 aliphatic rings. The lowest BCUT2D eigenvalue weighted by Crippen LogP contribution is -2.56. The van der Waals surface area contributed by atoms with Crippen LogP contribution in [0.4, 0.5) is 5.82 Å². The van der Waals surface area contributed by atoms with E-state index in [9.17, 15) is 9.59 Å². The number of fused-ring (bicyclic) bond motifs is 1. The molecule has 3 saturated heterocycles. The lowest BCUT2D eigenvalue weighted by atomic mass is 10.2. The first-order valence-corrected chi connectivity index (χ1v) is 9.48. The van der Waals surface area contributed by atoms with E-state index in [1.807, 2.05) is 28.0 Å². The van der Waals surface area contributed by atoms with Crippen molar-refractivity contribution in [1.82, 2.24) is 14.8 Å². The Bertz CT molecular complexity index is 647. The molecule has 4 heterocycles. The number of carbonyl (C=O) groups is 2. The van der Waals surface area contributed by atoms with Gasteiger partial charge < -0.3 is 14.7 Å². The smallest absolute Gasteiger partial charge is 0.246 e. The van der Waals surface area contributed by atoms with Crippen molar-refractivity contribution in [1.29, 1.82) is 0 Å². The Kier molecular flexibility index (Phi) is 3.90. The van der Waals surface area contributed by atoms with Crippen molar-refractivity contribution < 1.29 is 9.59 Å². The van der Waals surface area contributed by atoms with Crippen LogP contribution in [0, 0.1) is 0 Å².